The smallest absolute Gasteiger partial charge is 0.0805 e. The second kappa shape index (κ2) is 5.06. The Morgan fingerprint density at radius 2 is 1.75 bits per heavy atom. The Labute approximate surface area is 127 Å². The average Bonchev–Trinajstić information content (AvgIpc) is 2.46. The molecule has 0 aliphatic heterocycles. The SMILES string of the molecule is CNc1cc(C(C)C)nc2c1cc(Br)c1ccccc12. The van der Waals surface area contributed by atoms with Gasteiger partial charge in [-0.05, 0) is 23.4 Å². The first-order valence-corrected chi connectivity index (χ1v) is 7.60. The highest BCUT2D eigenvalue weighted by Gasteiger charge is 2.12. The maximum Gasteiger partial charge on any atom is 0.0805 e. The lowest BCUT2D eigenvalue weighted by Crippen LogP contribution is -1.99. The highest BCUT2D eigenvalue weighted by Crippen LogP contribution is 2.35. The number of nitrogens with zero attached hydrogens (tertiary/aromatic N) is 1. The van der Waals surface area contributed by atoms with Gasteiger partial charge in [-0.25, -0.2) is 0 Å². The van der Waals surface area contributed by atoms with Gasteiger partial charge in [-0.1, -0.05) is 54.0 Å². The summed E-state index contributed by atoms with van der Waals surface area (Å²) in [5.41, 5.74) is 3.32. The second-order valence-electron chi connectivity index (χ2n) is 5.30. The van der Waals surface area contributed by atoms with Gasteiger partial charge in [-0.2, -0.15) is 0 Å². The fourth-order valence-corrected chi connectivity index (χ4v) is 3.11. The first kappa shape index (κ1) is 13.4. The number of benzene rings is 2. The molecule has 0 saturated carbocycles. The molecule has 20 heavy (non-hydrogen) atoms. The fourth-order valence-electron chi connectivity index (χ4n) is 2.53. The zero-order valence-corrected chi connectivity index (χ0v) is 13.5. The van der Waals surface area contributed by atoms with Crippen molar-refractivity contribution >= 4 is 43.3 Å². The Morgan fingerprint density at radius 3 is 2.40 bits per heavy atom. The number of hydrogen-bond donors (Lipinski definition) is 1. The average molecular weight is 329 g/mol. The molecule has 0 aliphatic rings. The van der Waals surface area contributed by atoms with E-state index in [1.54, 1.807) is 0 Å². The van der Waals surface area contributed by atoms with E-state index >= 15 is 0 Å². The van der Waals surface area contributed by atoms with Crippen LogP contribution >= 0.6 is 15.9 Å². The van der Waals surface area contributed by atoms with Crippen LogP contribution in [0.2, 0.25) is 0 Å². The standard InChI is InChI=1S/C17H17BrN2/c1-10(2)15-9-16(19-3)13-8-14(18)11-6-4-5-7-12(11)17(13)20-15/h4-10H,1-3H3,(H,19,20). The maximum absolute atomic E-state index is 4.89. The maximum atomic E-state index is 4.89. The molecule has 3 rings (SSSR count). The van der Waals surface area contributed by atoms with Crippen LogP contribution in [0.25, 0.3) is 21.7 Å². The third-order valence-corrected chi connectivity index (χ3v) is 4.31. The van der Waals surface area contributed by atoms with E-state index < -0.39 is 0 Å². The number of nitrogens with one attached hydrogen (secondary N) is 1. The van der Waals surface area contributed by atoms with Gasteiger partial charge in [0.2, 0.25) is 0 Å². The van der Waals surface area contributed by atoms with Crippen LogP contribution in [0.1, 0.15) is 25.5 Å². The summed E-state index contributed by atoms with van der Waals surface area (Å²) in [5.74, 6) is 0.411. The molecule has 0 fully saturated rings. The van der Waals surface area contributed by atoms with Gasteiger partial charge < -0.3 is 5.32 Å². The van der Waals surface area contributed by atoms with Crippen molar-refractivity contribution in [1.82, 2.24) is 4.98 Å². The minimum Gasteiger partial charge on any atom is -0.388 e. The van der Waals surface area contributed by atoms with Gasteiger partial charge in [0.25, 0.3) is 0 Å². The molecule has 0 unspecified atom stereocenters. The third kappa shape index (κ3) is 2.06. The molecule has 2 nitrogen and oxygen atoms in total. The molecule has 0 amide bonds. The molecular weight excluding hydrogens is 312 g/mol. The molecule has 1 heterocycles. The normalized spacial score (nSPS) is 11.4. The summed E-state index contributed by atoms with van der Waals surface area (Å²) in [6, 6.07) is 12.7. The van der Waals surface area contributed by atoms with Gasteiger partial charge in [0.05, 0.1) is 5.52 Å². The lowest BCUT2D eigenvalue weighted by atomic mass is 10.0. The molecule has 0 saturated heterocycles. The minimum atomic E-state index is 0.411. The van der Waals surface area contributed by atoms with Gasteiger partial charge in [-0.3, -0.25) is 4.98 Å². The number of anilines is 1. The Morgan fingerprint density at radius 1 is 1.05 bits per heavy atom. The molecule has 0 radical (unpaired) electrons. The molecule has 0 bridgehead atoms. The van der Waals surface area contributed by atoms with Gasteiger partial charge in [-0.15, -0.1) is 0 Å². The van der Waals surface area contributed by atoms with Crippen LogP contribution in [0.5, 0.6) is 0 Å². The summed E-state index contributed by atoms with van der Waals surface area (Å²) >= 11 is 3.67. The number of halogens is 1. The van der Waals surface area contributed by atoms with E-state index in [1.807, 2.05) is 7.05 Å². The Balaban J connectivity index is 2.51. The van der Waals surface area contributed by atoms with Crippen LogP contribution in [0.3, 0.4) is 0 Å². The number of fused-ring (bicyclic) bond motifs is 3. The van der Waals surface area contributed by atoms with Crippen LogP contribution in [0, 0.1) is 0 Å². The largest absolute Gasteiger partial charge is 0.388 e. The summed E-state index contributed by atoms with van der Waals surface area (Å²) in [6.07, 6.45) is 0. The molecule has 1 N–H and O–H groups in total. The number of aromatic nitrogens is 1. The van der Waals surface area contributed by atoms with Gasteiger partial charge in [0.1, 0.15) is 0 Å². The van der Waals surface area contributed by atoms with Crippen molar-refractivity contribution < 1.29 is 0 Å². The van der Waals surface area contributed by atoms with Crippen LogP contribution in [-0.2, 0) is 0 Å². The van der Waals surface area contributed by atoms with E-state index in [4.69, 9.17) is 4.98 Å². The third-order valence-electron chi connectivity index (χ3n) is 3.65. The molecule has 102 valence electrons. The monoisotopic (exact) mass is 328 g/mol. The molecule has 3 heteroatoms. The van der Waals surface area contributed by atoms with E-state index in [0.29, 0.717) is 5.92 Å². The van der Waals surface area contributed by atoms with Crippen LogP contribution < -0.4 is 5.32 Å². The highest BCUT2D eigenvalue weighted by atomic mass is 79.9. The van der Waals surface area contributed by atoms with Crippen molar-refractivity contribution in [2.45, 2.75) is 19.8 Å². The van der Waals surface area contributed by atoms with E-state index in [2.05, 4.69) is 71.5 Å². The Bertz CT molecular complexity index is 794. The van der Waals surface area contributed by atoms with E-state index in [0.717, 1.165) is 26.8 Å². The Hall–Kier alpha value is -1.61. The fraction of sp³-hybridized carbons (Fsp3) is 0.235. The van der Waals surface area contributed by atoms with Crippen molar-refractivity contribution in [3.05, 3.63) is 46.6 Å². The lowest BCUT2D eigenvalue weighted by Gasteiger charge is -2.14. The van der Waals surface area contributed by atoms with Crippen LogP contribution in [0.15, 0.2) is 40.9 Å². The van der Waals surface area contributed by atoms with E-state index in [-0.39, 0.29) is 0 Å². The van der Waals surface area contributed by atoms with Crippen molar-refractivity contribution in [2.24, 2.45) is 0 Å². The summed E-state index contributed by atoms with van der Waals surface area (Å²) < 4.78 is 1.11. The first-order chi connectivity index (χ1) is 9.61. The van der Waals surface area contributed by atoms with Crippen molar-refractivity contribution in [1.29, 1.82) is 0 Å². The zero-order valence-electron chi connectivity index (χ0n) is 11.9. The molecule has 0 aliphatic carbocycles. The Kier molecular flexibility index (Phi) is 3.38. The molecule has 0 atom stereocenters. The van der Waals surface area contributed by atoms with Crippen molar-refractivity contribution in [3.63, 3.8) is 0 Å². The van der Waals surface area contributed by atoms with E-state index in [9.17, 15) is 0 Å². The summed E-state index contributed by atoms with van der Waals surface area (Å²) in [7, 11) is 1.96. The number of hydrogen-bond acceptors (Lipinski definition) is 2. The van der Waals surface area contributed by atoms with Crippen molar-refractivity contribution in [3.8, 4) is 0 Å². The lowest BCUT2D eigenvalue weighted by molar-refractivity contribution is 0.831. The summed E-state index contributed by atoms with van der Waals surface area (Å²) in [5, 5.41) is 6.85. The molecule has 3 aromatic rings. The molecule has 0 spiro atoms. The van der Waals surface area contributed by atoms with Gasteiger partial charge >= 0.3 is 0 Å². The number of pyridine rings is 1. The number of rotatable bonds is 2. The highest BCUT2D eigenvalue weighted by molar-refractivity contribution is 9.10. The first-order valence-electron chi connectivity index (χ1n) is 6.81. The predicted molar refractivity (Wildman–Crippen MR) is 90.6 cm³/mol. The molecule has 1 aromatic heterocycles. The zero-order chi connectivity index (χ0) is 14.3. The van der Waals surface area contributed by atoms with E-state index in [1.165, 1.54) is 10.8 Å². The summed E-state index contributed by atoms with van der Waals surface area (Å²) in [4.78, 5) is 4.89. The minimum absolute atomic E-state index is 0.411. The van der Waals surface area contributed by atoms with Gasteiger partial charge in [0, 0.05) is 33.7 Å². The predicted octanol–water partition coefficient (Wildman–Crippen LogP) is 5.32. The molecule has 2 aromatic carbocycles. The van der Waals surface area contributed by atoms with Gasteiger partial charge in [0.15, 0.2) is 0 Å². The second-order valence-corrected chi connectivity index (χ2v) is 6.15. The summed E-state index contributed by atoms with van der Waals surface area (Å²) in [6.45, 7) is 4.35. The van der Waals surface area contributed by atoms with Crippen LogP contribution in [-0.4, -0.2) is 12.0 Å². The van der Waals surface area contributed by atoms with Crippen molar-refractivity contribution in [2.75, 3.05) is 12.4 Å². The van der Waals surface area contributed by atoms with Crippen LogP contribution in [0.4, 0.5) is 5.69 Å². The quantitative estimate of drug-likeness (QED) is 0.644. The topological polar surface area (TPSA) is 24.9 Å². The molecular formula is C17H17BrN2.